The molecule has 0 amide bonds. The van der Waals surface area contributed by atoms with Gasteiger partial charge in [-0.05, 0) is 20.9 Å². The molecule has 0 atom stereocenters. The van der Waals surface area contributed by atoms with Gasteiger partial charge in [0.25, 0.3) is 0 Å². The van der Waals surface area contributed by atoms with Gasteiger partial charge in [-0.3, -0.25) is 0 Å². The fraction of sp³-hybridized carbons (Fsp3) is 0.455. The summed E-state index contributed by atoms with van der Waals surface area (Å²) in [6.07, 6.45) is 3.74. The first-order valence-electron chi connectivity index (χ1n) is 5.33. The third-order valence-corrected chi connectivity index (χ3v) is 3.26. The number of aromatic nitrogens is 3. The predicted molar refractivity (Wildman–Crippen MR) is 66.5 cm³/mol. The average molecular weight is 236 g/mol. The van der Waals surface area contributed by atoms with Crippen molar-refractivity contribution in [3.8, 4) is 10.7 Å². The summed E-state index contributed by atoms with van der Waals surface area (Å²) in [4.78, 5) is 8.77. The van der Waals surface area contributed by atoms with Crippen molar-refractivity contribution < 1.29 is 0 Å². The molecule has 16 heavy (non-hydrogen) atoms. The predicted octanol–water partition coefficient (Wildman–Crippen LogP) is 2.31. The SMILES string of the molecule is CNCc1csc(-c2cncn2C(C)C)n1. The summed E-state index contributed by atoms with van der Waals surface area (Å²) in [5.74, 6) is 0. The van der Waals surface area contributed by atoms with E-state index in [0.717, 1.165) is 22.9 Å². The third-order valence-electron chi connectivity index (χ3n) is 2.35. The van der Waals surface area contributed by atoms with Gasteiger partial charge in [0, 0.05) is 18.0 Å². The normalized spacial score (nSPS) is 11.2. The summed E-state index contributed by atoms with van der Waals surface area (Å²) in [7, 11) is 1.93. The Labute approximate surface area is 99.4 Å². The van der Waals surface area contributed by atoms with E-state index in [1.807, 2.05) is 19.6 Å². The zero-order valence-corrected chi connectivity index (χ0v) is 10.6. The molecule has 1 N–H and O–H groups in total. The summed E-state index contributed by atoms with van der Waals surface area (Å²) in [5.41, 5.74) is 2.18. The number of rotatable bonds is 4. The maximum atomic E-state index is 4.58. The minimum absolute atomic E-state index is 0.411. The van der Waals surface area contributed by atoms with Crippen LogP contribution in [0.3, 0.4) is 0 Å². The molecule has 0 radical (unpaired) electrons. The molecule has 0 saturated carbocycles. The smallest absolute Gasteiger partial charge is 0.141 e. The highest BCUT2D eigenvalue weighted by Crippen LogP contribution is 2.25. The number of hydrogen-bond donors (Lipinski definition) is 1. The molecule has 0 aliphatic heterocycles. The fourth-order valence-electron chi connectivity index (χ4n) is 1.57. The van der Waals surface area contributed by atoms with Crippen LogP contribution >= 0.6 is 11.3 Å². The molecule has 0 aliphatic carbocycles. The highest BCUT2D eigenvalue weighted by molar-refractivity contribution is 7.13. The van der Waals surface area contributed by atoms with Crippen LogP contribution in [0.25, 0.3) is 10.7 Å². The Morgan fingerprint density at radius 3 is 3.00 bits per heavy atom. The van der Waals surface area contributed by atoms with Crippen molar-refractivity contribution in [2.75, 3.05) is 7.05 Å². The molecule has 0 aliphatic rings. The van der Waals surface area contributed by atoms with Crippen LogP contribution in [0.5, 0.6) is 0 Å². The van der Waals surface area contributed by atoms with E-state index >= 15 is 0 Å². The van der Waals surface area contributed by atoms with Gasteiger partial charge in [-0.2, -0.15) is 0 Å². The van der Waals surface area contributed by atoms with Gasteiger partial charge in [0.15, 0.2) is 0 Å². The molecule has 2 aromatic heterocycles. The van der Waals surface area contributed by atoms with Crippen molar-refractivity contribution in [1.82, 2.24) is 19.9 Å². The van der Waals surface area contributed by atoms with Crippen LogP contribution in [0.4, 0.5) is 0 Å². The van der Waals surface area contributed by atoms with Gasteiger partial charge >= 0.3 is 0 Å². The molecule has 0 saturated heterocycles. The Kier molecular flexibility index (Phi) is 3.36. The van der Waals surface area contributed by atoms with E-state index in [-0.39, 0.29) is 0 Å². The first-order chi connectivity index (χ1) is 7.72. The fourth-order valence-corrected chi connectivity index (χ4v) is 2.40. The quantitative estimate of drug-likeness (QED) is 0.885. The summed E-state index contributed by atoms with van der Waals surface area (Å²) in [5, 5.41) is 6.23. The lowest BCUT2D eigenvalue weighted by molar-refractivity contribution is 0.605. The Morgan fingerprint density at radius 1 is 1.50 bits per heavy atom. The van der Waals surface area contributed by atoms with Crippen LogP contribution in [0.15, 0.2) is 17.9 Å². The highest BCUT2D eigenvalue weighted by Gasteiger charge is 2.11. The minimum atomic E-state index is 0.411. The van der Waals surface area contributed by atoms with Crippen molar-refractivity contribution in [2.45, 2.75) is 26.4 Å². The zero-order valence-electron chi connectivity index (χ0n) is 9.77. The van der Waals surface area contributed by atoms with E-state index in [1.165, 1.54) is 0 Å². The molecule has 2 aromatic rings. The molecule has 2 heterocycles. The van der Waals surface area contributed by atoms with E-state index in [1.54, 1.807) is 11.3 Å². The van der Waals surface area contributed by atoms with Crippen LogP contribution in [-0.2, 0) is 6.54 Å². The maximum Gasteiger partial charge on any atom is 0.141 e. The number of thiazole rings is 1. The maximum absolute atomic E-state index is 4.58. The minimum Gasteiger partial charge on any atom is -0.326 e. The Hall–Kier alpha value is -1.20. The summed E-state index contributed by atoms with van der Waals surface area (Å²) in [6, 6.07) is 0.411. The van der Waals surface area contributed by atoms with E-state index in [9.17, 15) is 0 Å². The van der Waals surface area contributed by atoms with E-state index in [4.69, 9.17) is 0 Å². The van der Waals surface area contributed by atoms with Gasteiger partial charge in [0.2, 0.25) is 0 Å². The highest BCUT2D eigenvalue weighted by atomic mass is 32.1. The second kappa shape index (κ2) is 4.76. The lowest BCUT2D eigenvalue weighted by Crippen LogP contribution is -2.05. The lowest BCUT2D eigenvalue weighted by Gasteiger charge is -2.09. The van der Waals surface area contributed by atoms with E-state index < -0.39 is 0 Å². The molecule has 2 rings (SSSR count). The van der Waals surface area contributed by atoms with Crippen LogP contribution in [0.2, 0.25) is 0 Å². The number of nitrogens with zero attached hydrogens (tertiary/aromatic N) is 3. The van der Waals surface area contributed by atoms with Crippen molar-refractivity contribution in [3.05, 3.63) is 23.6 Å². The largest absolute Gasteiger partial charge is 0.326 e. The average Bonchev–Trinajstić information content (AvgIpc) is 2.83. The molecule has 0 bridgehead atoms. The van der Waals surface area contributed by atoms with E-state index in [0.29, 0.717) is 6.04 Å². The Morgan fingerprint density at radius 2 is 2.31 bits per heavy atom. The van der Waals surface area contributed by atoms with Crippen LogP contribution < -0.4 is 5.32 Å². The third kappa shape index (κ3) is 2.15. The second-order valence-electron chi connectivity index (χ2n) is 3.95. The molecular weight excluding hydrogens is 220 g/mol. The summed E-state index contributed by atoms with van der Waals surface area (Å²) >= 11 is 1.67. The second-order valence-corrected chi connectivity index (χ2v) is 4.81. The van der Waals surface area contributed by atoms with Crippen LogP contribution in [0.1, 0.15) is 25.6 Å². The zero-order chi connectivity index (χ0) is 11.5. The molecule has 4 nitrogen and oxygen atoms in total. The molecule has 0 fully saturated rings. The van der Waals surface area contributed by atoms with Gasteiger partial charge in [-0.25, -0.2) is 9.97 Å². The Bertz CT molecular complexity index is 458. The number of hydrogen-bond acceptors (Lipinski definition) is 4. The van der Waals surface area contributed by atoms with Gasteiger partial charge in [0.1, 0.15) is 5.01 Å². The van der Waals surface area contributed by atoms with Crippen LogP contribution in [-0.4, -0.2) is 21.6 Å². The molecule has 86 valence electrons. The monoisotopic (exact) mass is 236 g/mol. The summed E-state index contributed by atoms with van der Waals surface area (Å²) < 4.78 is 2.14. The standard InChI is InChI=1S/C11H16N4S/c1-8(2)15-7-13-5-10(15)11-14-9(4-12-3)6-16-11/h5-8,12H,4H2,1-3H3. The molecule has 5 heteroatoms. The van der Waals surface area contributed by atoms with Gasteiger partial charge in [0.05, 0.1) is 23.9 Å². The molecular formula is C11H16N4S. The number of imidazole rings is 1. The lowest BCUT2D eigenvalue weighted by atomic mass is 10.3. The molecule has 0 aromatic carbocycles. The van der Waals surface area contributed by atoms with E-state index in [2.05, 4.69) is 39.1 Å². The first kappa shape index (κ1) is 11.3. The topological polar surface area (TPSA) is 42.7 Å². The van der Waals surface area contributed by atoms with Crippen molar-refractivity contribution in [2.24, 2.45) is 0 Å². The van der Waals surface area contributed by atoms with Crippen LogP contribution in [0, 0.1) is 0 Å². The van der Waals surface area contributed by atoms with Gasteiger partial charge < -0.3 is 9.88 Å². The van der Waals surface area contributed by atoms with Crippen molar-refractivity contribution in [3.63, 3.8) is 0 Å². The van der Waals surface area contributed by atoms with Gasteiger partial charge in [-0.1, -0.05) is 0 Å². The molecule has 0 spiro atoms. The van der Waals surface area contributed by atoms with Crippen molar-refractivity contribution >= 4 is 11.3 Å². The van der Waals surface area contributed by atoms with Gasteiger partial charge in [-0.15, -0.1) is 11.3 Å². The summed E-state index contributed by atoms with van der Waals surface area (Å²) in [6.45, 7) is 5.10. The van der Waals surface area contributed by atoms with Crippen molar-refractivity contribution in [1.29, 1.82) is 0 Å². The first-order valence-corrected chi connectivity index (χ1v) is 6.21. The number of nitrogens with one attached hydrogen (secondary N) is 1. The molecule has 0 unspecified atom stereocenters. The Balaban J connectivity index is 2.31.